The Hall–Kier alpha value is -2.45. The van der Waals surface area contributed by atoms with Crippen molar-refractivity contribution in [2.24, 2.45) is 0 Å². The minimum Gasteiger partial charge on any atom is -0.392 e. The predicted molar refractivity (Wildman–Crippen MR) is 62.5 cm³/mol. The van der Waals surface area contributed by atoms with E-state index in [-0.39, 0.29) is 18.1 Å². The van der Waals surface area contributed by atoms with Crippen molar-refractivity contribution in [2.45, 2.75) is 6.61 Å². The molecule has 0 saturated heterocycles. The molecule has 0 bridgehead atoms. The molecule has 3 N–H and O–H groups in total. The molecular formula is C12H10N4O. The summed E-state index contributed by atoms with van der Waals surface area (Å²) in [6.07, 6.45) is 1.51. The van der Waals surface area contributed by atoms with Crippen molar-refractivity contribution in [3.05, 3.63) is 41.7 Å². The van der Waals surface area contributed by atoms with Crippen LogP contribution in [-0.4, -0.2) is 15.1 Å². The maximum Gasteiger partial charge on any atom is 0.183 e. The van der Waals surface area contributed by atoms with Gasteiger partial charge in [0, 0.05) is 5.56 Å². The summed E-state index contributed by atoms with van der Waals surface area (Å²) in [5.74, 6) is 0.120. The fourth-order valence-corrected chi connectivity index (χ4v) is 1.45. The van der Waals surface area contributed by atoms with Crippen LogP contribution in [0.1, 0.15) is 11.3 Å². The maximum atomic E-state index is 9.05. The average Bonchev–Trinajstić information content (AvgIpc) is 2.39. The number of rotatable bonds is 2. The van der Waals surface area contributed by atoms with Crippen LogP contribution in [0.5, 0.6) is 0 Å². The summed E-state index contributed by atoms with van der Waals surface area (Å²) in [5.41, 5.74) is 7.74. The Balaban J connectivity index is 2.49. The fraction of sp³-hybridized carbons (Fsp3) is 0.0833. The highest BCUT2D eigenvalue weighted by molar-refractivity contribution is 5.61. The number of hydrogen-bond acceptors (Lipinski definition) is 5. The monoisotopic (exact) mass is 226 g/mol. The number of nitriles is 1. The first-order chi connectivity index (χ1) is 8.24. The molecule has 0 atom stereocenters. The Bertz CT molecular complexity index is 589. The molecule has 0 unspecified atom stereocenters. The summed E-state index contributed by atoms with van der Waals surface area (Å²) < 4.78 is 0. The van der Waals surface area contributed by atoms with Crippen molar-refractivity contribution in [1.29, 1.82) is 5.26 Å². The van der Waals surface area contributed by atoms with Crippen LogP contribution < -0.4 is 5.73 Å². The Morgan fingerprint density at radius 2 is 2.24 bits per heavy atom. The van der Waals surface area contributed by atoms with Gasteiger partial charge in [0.1, 0.15) is 6.07 Å². The molecule has 0 radical (unpaired) electrons. The summed E-state index contributed by atoms with van der Waals surface area (Å²) in [4.78, 5) is 8.02. The van der Waals surface area contributed by atoms with Crippen LogP contribution in [-0.2, 0) is 6.61 Å². The van der Waals surface area contributed by atoms with Gasteiger partial charge >= 0.3 is 0 Å². The largest absolute Gasteiger partial charge is 0.392 e. The van der Waals surface area contributed by atoms with Gasteiger partial charge in [0.15, 0.2) is 11.5 Å². The van der Waals surface area contributed by atoms with E-state index >= 15 is 0 Å². The van der Waals surface area contributed by atoms with Crippen LogP contribution in [0.4, 0.5) is 5.82 Å². The summed E-state index contributed by atoms with van der Waals surface area (Å²) in [7, 11) is 0. The van der Waals surface area contributed by atoms with Gasteiger partial charge < -0.3 is 10.8 Å². The third kappa shape index (κ3) is 2.22. The Morgan fingerprint density at radius 3 is 2.94 bits per heavy atom. The van der Waals surface area contributed by atoms with E-state index in [0.717, 1.165) is 11.1 Å². The lowest BCUT2D eigenvalue weighted by molar-refractivity contribution is 0.282. The number of nitrogens with zero attached hydrogens (tertiary/aromatic N) is 3. The maximum absolute atomic E-state index is 9.05. The first kappa shape index (κ1) is 11.0. The highest BCUT2D eigenvalue weighted by atomic mass is 16.3. The summed E-state index contributed by atoms with van der Waals surface area (Å²) in [5, 5.41) is 17.9. The van der Waals surface area contributed by atoms with E-state index in [1.165, 1.54) is 6.20 Å². The van der Waals surface area contributed by atoms with Crippen LogP contribution in [0.2, 0.25) is 0 Å². The first-order valence-corrected chi connectivity index (χ1v) is 4.97. The van der Waals surface area contributed by atoms with Crippen LogP contribution in [0.3, 0.4) is 0 Å². The third-order valence-corrected chi connectivity index (χ3v) is 2.31. The van der Waals surface area contributed by atoms with E-state index in [1.807, 2.05) is 18.2 Å². The molecule has 17 heavy (non-hydrogen) atoms. The standard InChI is InChI=1S/C12H10N4O/c13-5-10-12(14)15-6-11(16-10)9-3-1-2-8(4-9)7-17/h1-4,6,17H,7H2,(H2,14,15). The molecule has 1 aromatic carbocycles. The molecule has 0 aliphatic heterocycles. The number of nitrogens with two attached hydrogens (primary N) is 1. The Kier molecular flexibility index (Phi) is 2.99. The van der Waals surface area contributed by atoms with Gasteiger partial charge in [-0.05, 0) is 11.6 Å². The lowest BCUT2D eigenvalue weighted by atomic mass is 10.1. The molecule has 0 aliphatic carbocycles. The zero-order valence-corrected chi connectivity index (χ0v) is 8.96. The molecule has 0 amide bonds. The lowest BCUT2D eigenvalue weighted by Crippen LogP contribution is -1.99. The van der Waals surface area contributed by atoms with Crippen molar-refractivity contribution < 1.29 is 5.11 Å². The first-order valence-electron chi connectivity index (χ1n) is 4.97. The van der Waals surface area contributed by atoms with Crippen molar-refractivity contribution >= 4 is 5.82 Å². The molecule has 0 saturated carbocycles. The topological polar surface area (TPSA) is 95.8 Å². The van der Waals surface area contributed by atoms with E-state index in [4.69, 9.17) is 16.1 Å². The van der Waals surface area contributed by atoms with E-state index in [9.17, 15) is 0 Å². The summed E-state index contributed by atoms with van der Waals surface area (Å²) in [6.45, 7) is -0.0403. The molecule has 0 fully saturated rings. The second-order valence-corrected chi connectivity index (χ2v) is 3.46. The molecule has 5 heteroatoms. The predicted octanol–water partition coefficient (Wildman–Crippen LogP) is 1.09. The van der Waals surface area contributed by atoms with Gasteiger partial charge in [0.2, 0.25) is 0 Å². The van der Waals surface area contributed by atoms with Crippen LogP contribution >= 0.6 is 0 Å². The van der Waals surface area contributed by atoms with Gasteiger partial charge in [-0.1, -0.05) is 18.2 Å². The minimum absolute atomic E-state index is 0.0403. The Labute approximate surface area is 98.2 Å². The smallest absolute Gasteiger partial charge is 0.183 e. The van der Waals surface area contributed by atoms with Crippen LogP contribution in [0, 0.1) is 11.3 Å². The molecule has 0 spiro atoms. The number of aliphatic hydroxyl groups excluding tert-OH is 1. The Morgan fingerprint density at radius 1 is 1.41 bits per heavy atom. The number of hydrogen-bond donors (Lipinski definition) is 2. The van der Waals surface area contributed by atoms with Crippen molar-refractivity contribution in [1.82, 2.24) is 9.97 Å². The average molecular weight is 226 g/mol. The number of nitrogen functional groups attached to an aromatic ring is 1. The highest BCUT2D eigenvalue weighted by Gasteiger charge is 2.06. The van der Waals surface area contributed by atoms with E-state index in [0.29, 0.717) is 5.69 Å². The van der Waals surface area contributed by atoms with Crippen LogP contribution in [0.25, 0.3) is 11.3 Å². The molecule has 2 rings (SSSR count). The number of anilines is 1. The van der Waals surface area contributed by atoms with Gasteiger partial charge in [0.05, 0.1) is 18.5 Å². The second kappa shape index (κ2) is 4.60. The number of benzene rings is 1. The van der Waals surface area contributed by atoms with E-state index < -0.39 is 0 Å². The molecule has 0 aliphatic rings. The quantitative estimate of drug-likeness (QED) is 0.799. The SMILES string of the molecule is N#Cc1nc(-c2cccc(CO)c2)cnc1N. The van der Waals surface area contributed by atoms with Crippen molar-refractivity contribution in [3.63, 3.8) is 0 Å². The molecule has 2 aromatic rings. The zero-order valence-electron chi connectivity index (χ0n) is 8.96. The zero-order chi connectivity index (χ0) is 12.3. The molecule has 5 nitrogen and oxygen atoms in total. The van der Waals surface area contributed by atoms with Crippen LogP contribution in [0.15, 0.2) is 30.5 Å². The van der Waals surface area contributed by atoms with Gasteiger partial charge in [-0.3, -0.25) is 0 Å². The van der Waals surface area contributed by atoms with E-state index in [1.54, 1.807) is 12.1 Å². The lowest BCUT2D eigenvalue weighted by Gasteiger charge is -2.04. The van der Waals surface area contributed by atoms with Crippen molar-refractivity contribution in [3.8, 4) is 17.3 Å². The van der Waals surface area contributed by atoms with Gasteiger partial charge in [-0.15, -0.1) is 0 Å². The third-order valence-electron chi connectivity index (χ3n) is 2.31. The second-order valence-electron chi connectivity index (χ2n) is 3.46. The number of aliphatic hydroxyl groups is 1. The van der Waals surface area contributed by atoms with E-state index in [2.05, 4.69) is 9.97 Å². The molecule has 1 aromatic heterocycles. The summed E-state index contributed by atoms with van der Waals surface area (Å²) in [6, 6.07) is 9.13. The minimum atomic E-state index is -0.0403. The number of aromatic nitrogens is 2. The molecule has 84 valence electrons. The highest BCUT2D eigenvalue weighted by Crippen LogP contribution is 2.19. The van der Waals surface area contributed by atoms with Gasteiger partial charge in [0.25, 0.3) is 0 Å². The van der Waals surface area contributed by atoms with Gasteiger partial charge in [-0.2, -0.15) is 5.26 Å². The van der Waals surface area contributed by atoms with Gasteiger partial charge in [-0.25, -0.2) is 9.97 Å². The molecule has 1 heterocycles. The van der Waals surface area contributed by atoms with Crippen molar-refractivity contribution in [2.75, 3.05) is 5.73 Å². The summed E-state index contributed by atoms with van der Waals surface area (Å²) >= 11 is 0. The molecular weight excluding hydrogens is 216 g/mol. The normalized spacial score (nSPS) is 9.88. The fourth-order valence-electron chi connectivity index (χ4n) is 1.45.